The zero-order chi connectivity index (χ0) is 22.9. The van der Waals surface area contributed by atoms with Crippen LogP contribution in [0.15, 0.2) is 71.1 Å². The smallest absolute Gasteiger partial charge is 0.286 e. The van der Waals surface area contributed by atoms with Crippen molar-refractivity contribution in [1.29, 1.82) is 0 Å². The van der Waals surface area contributed by atoms with E-state index >= 15 is 0 Å². The van der Waals surface area contributed by atoms with Gasteiger partial charge in [-0.3, -0.25) is 0 Å². The van der Waals surface area contributed by atoms with Gasteiger partial charge in [-0.15, -0.1) is 10.2 Å². The van der Waals surface area contributed by atoms with Crippen LogP contribution in [0.3, 0.4) is 0 Å². The fraction of sp³-hybridized carbons (Fsp3) is 0.120. The number of methoxy groups -OCH3 is 1. The molecule has 2 aromatic heterocycles. The van der Waals surface area contributed by atoms with Gasteiger partial charge in [-0.25, -0.2) is 9.97 Å². The monoisotopic (exact) mass is 453 g/mol. The van der Waals surface area contributed by atoms with E-state index < -0.39 is 0 Å². The fourth-order valence-electron chi connectivity index (χ4n) is 3.71. The first-order chi connectivity index (χ1) is 16.8. The Morgan fingerprint density at radius 1 is 0.882 bits per heavy atom. The van der Waals surface area contributed by atoms with E-state index in [4.69, 9.17) is 23.6 Å². The average molecular weight is 453 g/mol. The van der Waals surface area contributed by atoms with Crippen LogP contribution in [0, 0.1) is 0 Å². The summed E-state index contributed by atoms with van der Waals surface area (Å²) in [6, 6.07) is 21.0. The molecule has 168 valence electrons. The van der Waals surface area contributed by atoms with E-state index in [1.54, 1.807) is 7.11 Å². The minimum Gasteiger partial charge on any atom is -0.497 e. The topological polar surface area (TPSA) is 104 Å². The van der Waals surface area contributed by atoms with Crippen molar-refractivity contribution in [3.63, 3.8) is 0 Å². The lowest BCUT2D eigenvalue weighted by Gasteiger charge is -2.10. The summed E-state index contributed by atoms with van der Waals surface area (Å²) in [5.41, 5.74) is 2.58. The fourth-order valence-corrected chi connectivity index (χ4v) is 3.71. The normalized spacial score (nSPS) is 12.1. The van der Waals surface area contributed by atoms with Gasteiger partial charge in [0.1, 0.15) is 11.6 Å². The largest absolute Gasteiger partial charge is 0.497 e. The van der Waals surface area contributed by atoms with E-state index in [1.165, 1.54) is 0 Å². The van der Waals surface area contributed by atoms with E-state index in [9.17, 15) is 0 Å². The molecule has 1 N–H and O–H groups in total. The highest BCUT2D eigenvalue weighted by Crippen LogP contribution is 2.33. The molecule has 0 saturated heterocycles. The first kappa shape index (κ1) is 20.0. The quantitative estimate of drug-likeness (QED) is 0.392. The van der Waals surface area contributed by atoms with Crippen molar-refractivity contribution in [3.05, 3.63) is 72.3 Å². The molecule has 0 bridgehead atoms. The molecule has 0 saturated carbocycles. The highest BCUT2D eigenvalue weighted by molar-refractivity contribution is 5.90. The first-order valence-corrected chi connectivity index (χ1v) is 10.6. The Hall–Kier alpha value is -4.66. The minimum absolute atomic E-state index is 0.239. The molecule has 0 aliphatic carbocycles. The second-order valence-corrected chi connectivity index (χ2v) is 7.60. The molecule has 3 heterocycles. The second-order valence-electron chi connectivity index (χ2n) is 7.60. The van der Waals surface area contributed by atoms with Crippen LogP contribution >= 0.6 is 0 Å². The van der Waals surface area contributed by atoms with Crippen molar-refractivity contribution in [1.82, 2.24) is 20.2 Å². The number of anilines is 1. The van der Waals surface area contributed by atoms with Gasteiger partial charge >= 0.3 is 0 Å². The van der Waals surface area contributed by atoms with Crippen LogP contribution in [0.25, 0.3) is 34.1 Å². The van der Waals surface area contributed by atoms with Gasteiger partial charge in [0, 0.05) is 17.5 Å². The van der Waals surface area contributed by atoms with Crippen LogP contribution in [0.4, 0.5) is 5.82 Å². The van der Waals surface area contributed by atoms with E-state index in [2.05, 4.69) is 20.5 Å². The third kappa shape index (κ3) is 3.73. The standard InChI is InChI=1S/C25H19N5O4/c1-31-17-9-7-16(8-10-17)24-29-30-25(34-24)23-27-19-5-3-2-4-18(19)22(28-23)26-13-15-6-11-20-21(12-15)33-14-32-20/h2-12H,13-14H2,1H3,(H,26,27,28). The maximum Gasteiger partial charge on any atom is 0.286 e. The van der Waals surface area contributed by atoms with Gasteiger partial charge in [0.25, 0.3) is 5.89 Å². The molecule has 3 aromatic carbocycles. The Kier molecular flexibility index (Phi) is 4.91. The summed E-state index contributed by atoms with van der Waals surface area (Å²) in [6.07, 6.45) is 0. The van der Waals surface area contributed by atoms with Crippen LogP contribution in [-0.4, -0.2) is 34.1 Å². The summed E-state index contributed by atoms with van der Waals surface area (Å²) in [5, 5.41) is 12.6. The molecule has 1 aliphatic rings. The zero-order valence-electron chi connectivity index (χ0n) is 18.2. The molecule has 1 aliphatic heterocycles. The summed E-state index contributed by atoms with van der Waals surface area (Å²) in [4.78, 5) is 9.34. The second kappa shape index (κ2) is 8.36. The summed E-state index contributed by atoms with van der Waals surface area (Å²) in [5.74, 6) is 3.88. The molecule has 0 fully saturated rings. The SMILES string of the molecule is COc1ccc(-c2nnc(-c3nc(NCc4ccc5c(c4)OCO5)c4ccccc4n3)o2)cc1. The summed E-state index contributed by atoms with van der Waals surface area (Å²) < 4.78 is 22.0. The average Bonchev–Trinajstić information content (AvgIpc) is 3.57. The lowest BCUT2D eigenvalue weighted by molar-refractivity contribution is 0.174. The van der Waals surface area contributed by atoms with Crippen LogP contribution in [-0.2, 0) is 6.54 Å². The van der Waals surface area contributed by atoms with Crippen LogP contribution in [0.1, 0.15) is 5.56 Å². The predicted molar refractivity (Wildman–Crippen MR) is 125 cm³/mol. The van der Waals surface area contributed by atoms with Gasteiger partial charge in [0.15, 0.2) is 11.5 Å². The number of benzene rings is 3. The Bertz CT molecular complexity index is 1480. The van der Waals surface area contributed by atoms with Crippen molar-refractivity contribution in [3.8, 4) is 40.4 Å². The number of hydrogen-bond acceptors (Lipinski definition) is 9. The first-order valence-electron chi connectivity index (χ1n) is 10.6. The lowest BCUT2D eigenvalue weighted by atomic mass is 10.2. The van der Waals surface area contributed by atoms with Crippen molar-refractivity contribution >= 4 is 16.7 Å². The molecule has 34 heavy (non-hydrogen) atoms. The number of ether oxygens (including phenoxy) is 3. The Balaban J connectivity index is 1.31. The maximum absolute atomic E-state index is 5.90. The number of nitrogens with one attached hydrogen (secondary N) is 1. The molecule has 5 aromatic rings. The van der Waals surface area contributed by atoms with E-state index in [-0.39, 0.29) is 12.7 Å². The summed E-state index contributed by atoms with van der Waals surface area (Å²) in [6.45, 7) is 0.785. The molecule has 0 unspecified atom stereocenters. The van der Waals surface area contributed by atoms with Crippen LogP contribution in [0.5, 0.6) is 17.2 Å². The van der Waals surface area contributed by atoms with E-state index in [0.717, 1.165) is 39.3 Å². The number of aromatic nitrogens is 4. The minimum atomic E-state index is 0.239. The number of hydrogen-bond donors (Lipinski definition) is 1. The Morgan fingerprint density at radius 2 is 1.71 bits per heavy atom. The van der Waals surface area contributed by atoms with Crippen molar-refractivity contribution in [2.24, 2.45) is 0 Å². The van der Waals surface area contributed by atoms with Gasteiger partial charge in [0.05, 0.1) is 12.6 Å². The molecule has 6 rings (SSSR count). The summed E-state index contributed by atoms with van der Waals surface area (Å²) >= 11 is 0. The molecule has 0 atom stereocenters. The molecule has 0 spiro atoms. The Labute approximate surface area is 194 Å². The molecular weight excluding hydrogens is 434 g/mol. The van der Waals surface area contributed by atoms with Crippen molar-refractivity contribution in [2.45, 2.75) is 6.54 Å². The highest BCUT2D eigenvalue weighted by atomic mass is 16.7. The Morgan fingerprint density at radius 3 is 2.59 bits per heavy atom. The number of para-hydroxylation sites is 1. The lowest BCUT2D eigenvalue weighted by Crippen LogP contribution is -2.04. The third-order valence-electron chi connectivity index (χ3n) is 5.45. The van der Waals surface area contributed by atoms with Crippen molar-refractivity contribution in [2.75, 3.05) is 19.2 Å². The number of nitrogens with zero attached hydrogens (tertiary/aromatic N) is 4. The third-order valence-corrected chi connectivity index (χ3v) is 5.45. The molecule has 9 nitrogen and oxygen atoms in total. The van der Waals surface area contributed by atoms with Crippen LogP contribution in [0.2, 0.25) is 0 Å². The van der Waals surface area contributed by atoms with Gasteiger partial charge < -0.3 is 23.9 Å². The molecule has 0 radical (unpaired) electrons. The van der Waals surface area contributed by atoms with E-state index in [1.807, 2.05) is 66.7 Å². The van der Waals surface area contributed by atoms with Gasteiger partial charge in [0.2, 0.25) is 18.5 Å². The van der Waals surface area contributed by atoms with Gasteiger partial charge in [-0.05, 0) is 54.1 Å². The molecular formula is C25H19N5O4. The highest BCUT2D eigenvalue weighted by Gasteiger charge is 2.17. The number of rotatable bonds is 6. The van der Waals surface area contributed by atoms with Gasteiger partial charge in [-0.2, -0.15) is 0 Å². The zero-order valence-corrected chi connectivity index (χ0v) is 18.2. The van der Waals surface area contributed by atoms with Crippen molar-refractivity contribution < 1.29 is 18.6 Å². The summed E-state index contributed by atoms with van der Waals surface area (Å²) in [7, 11) is 1.62. The predicted octanol–water partition coefficient (Wildman–Crippen LogP) is 4.70. The number of fused-ring (bicyclic) bond motifs is 2. The molecule has 9 heteroatoms. The maximum atomic E-state index is 5.90. The van der Waals surface area contributed by atoms with Gasteiger partial charge in [-0.1, -0.05) is 18.2 Å². The molecule has 0 amide bonds. The van der Waals surface area contributed by atoms with E-state index in [0.29, 0.717) is 24.1 Å². The van der Waals surface area contributed by atoms with Crippen LogP contribution < -0.4 is 19.5 Å².